The molecule has 126 valence electrons. The van der Waals surface area contributed by atoms with Crippen LogP contribution in [-0.4, -0.2) is 11.0 Å². The molecular formula is C18H21N3OS2. The number of carbonyl (C=O) groups excluding carboxylic acids is 1. The highest BCUT2D eigenvalue weighted by Gasteiger charge is 2.17. The highest BCUT2D eigenvalue weighted by atomic mass is 32.2. The van der Waals surface area contributed by atoms with Crippen LogP contribution >= 0.6 is 22.4 Å². The highest BCUT2D eigenvalue weighted by Crippen LogP contribution is 2.37. The van der Waals surface area contributed by atoms with Gasteiger partial charge in [0.05, 0.1) is 5.69 Å². The van der Waals surface area contributed by atoms with E-state index in [2.05, 4.69) is 41.2 Å². The summed E-state index contributed by atoms with van der Waals surface area (Å²) in [5, 5.41) is 9.04. The highest BCUT2D eigenvalue weighted by molar-refractivity contribution is 8.21. The molecule has 2 amide bonds. The van der Waals surface area contributed by atoms with Gasteiger partial charge in [-0.1, -0.05) is 20.8 Å². The first-order valence-corrected chi connectivity index (χ1v) is 10.0. The van der Waals surface area contributed by atoms with Crippen molar-refractivity contribution in [1.82, 2.24) is 9.71 Å². The molecule has 1 atom stereocenters. The molecular weight excluding hydrogens is 338 g/mol. The second-order valence-electron chi connectivity index (χ2n) is 6.56. The Balaban J connectivity index is 1.59. The Bertz CT molecular complexity index is 788. The molecule has 3 heterocycles. The fourth-order valence-electron chi connectivity index (χ4n) is 2.25. The summed E-state index contributed by atoms with van der Waals surface area (Å²) >= 11 is 0.889. The number of thiophene rings is 1. The van der Waals surface area contributed by atoms with Gasteiger partial charge in [-0.05, 0) is 51.6 Å². The van der Waals surface area contributed by atoms with E-state index in [-0.39, 0.29) is 11.4 Å². The van der Waals surface area contributed by atoms with Crippen molar-refractivity contribution in [2.45, 2.75) is 26.2 Å². The zero-order valence-electron chi connectivity index (χ0n) is 13.9. The SMILES string of the molecule is CC(C)(C)c1cc(NC(=O)N[SH]2C=CC(c3ccncc3)=C2)cs1. The van der Waals surface area contributed by atoms with Gasteiger partial charge in [0.25, 0.3) is 0 Å². The molecule has 1 aliphatic heterocycles. The standard InChI is InChI=1S/C18H21N3OS2/c1-18(2,3)16-10-15(11-23-16)20-17(22)21-24-9-6-14(12-24)13-4-7-19-8-5-13/h4-12,24H,1-3H3,(H2,20,21,22). The van der Waals surface area contributed by atoms with Crippen LogP contribution in [0.5, 0.6) is 0 Å². The molecule has 0 saturated heterocycles. The number of amides is 2. The fourth-order valence-corrected chi connectivity index (χ4v) is 4.55. The zero-order valence-corrected chi connectivity index (χ0v) is 15.6. The van der Waals surface area contributed by atoms with Gasteiger partial charge in [0.15, 0.2) is 0 Å². The minimum absolute atomic E-state index is 0.0987. The van der Waals surface area contributed by atoms with Gasteiger partial charge in [0, 0.05) is 22.7 Å². The molecule has 3 rings (SSSR count). The van der Waals surface area contributed by atoms with Crippen LogP contribution in [0.3, 0.4) is 0 Å². The summed E-state index contributed by atoms with van der Waals surface area (Å²) in [5.74, 6) is 0. The summed E-state index contributed by atoms with van der Waals surface area (Å²) in [6, 6.07) is 5.81. The van der Waals surface area contributed by atoms with Crippen LogP contribution in [0.2, 0.25) is 0 Å². The molecule has 0 aliphatic carbocycles. The molecule has 1 unspecified atom stereocenters. The maximum Gasteiger partial charge on any atom is 0.328 e. The van der Waals surface area contributed by atoms with Crippen molar-refractivity contribution in [2.24, 2.45) is 0 Å². The number of nitrogens with one attached hydrogen (secondary N) is 2. The molecule has 6 heteroatoms. The topological polar surface area (TPSA) is 54.0 Å². The number of hydrogen-bond acceptors (Lipinski definition) is 3. The predicted molar refractivity (Wildman–Crippen MR) is 106 cm³/mol. The Hall–Kier alpha value is -2.05. The van der Waals surface area contributed by atoms with Crippen molar-refractivity contribution in [3.05, 3.63) is 63.3 Å². The Labute approximate surface area is 149 Å². The first-order chi connectivity index (χ1) is 11.4. The Morgan fingerprint density at radius 2 is 2.00 bits per heavy atom. The molecule has 2 aromatic heterocycles. The van der Waals surface area contributed by atoms with E-state index < -0.39 is 11.1 Å². The van der Waals surface area contributed by atoms with Crippen LogP contribution in [0.25, 0.3) is 5.57 Å². The predicted octanol–water partition coefficient (Wildman–Crippen LogP) is 5.05. The summed E-state index contributed by atoms with van der Waals surface area (Å²) in [6.45, 7) is 6.50. The number of aromatic nitrogens is 1. The van der Waals surface area contributed by atoms with Crippen molar-refractivity contribution in [3.8, 4) is 0 Å². The second-order valence-corrected chi connectivity index (χ2v) is 9.06. The zero-order chi connectivity index (χ0) is 17.2. The number of thiol groups is 1. The lowest BCUT2D eigenvalue weighted by Crippen LogP contribution is -2.24. The first kappa shape index (κ1) is 16.8. The van der Waals surface area contributed by atoms with Crippen molar-refractivity contribution >= 4 is 39.7 Å². The summed E-state index contributed by atoms with van der Waals surface area (Å²) in [5.41, 5.74) is 3.18. The van der Waals surface area contributed by atoms with Crippen LogP contribution in [0.15, 0.2) is 52.9 Å². The summed E-state index contributed by atoms with van der Waals surface area (Å²) < 4.78 is 3.02. The van der Waals surface area contributed by atoms with Gasteiger partial charge in [-0.25, -0.2) is 4.79 Å². The maximum absolute atomic E-state index is 12.2. The van der Waals surface area contributed by atoms with Gasteiger partial charge in [-0.15, -0.1) is 22.4 Å². The Morgan fingerprint density at radius 1 is 1.25 bits per heavy atom. The molecule has 0 fully saturated rings. The molecule has 24 heavy (non-hydrogen) atoms. The van der Waals surface area contributed by atoms with Gasteiger partial charge in [-0.3, -0.25) is 9.71 Å². The second kappa shape index (κ2) is 6.83. The quantitative estimate of drug-likeness (QED) is 0.672. The summed E-state index contributed by atoms with van der Waals surface area (Å²) in [7, 11) is 0. The van der Waals surface area contributed by atoms with Crippen LogP contribution < -0.4 is 10.0 Å². The fraction of sp³-hybridized carbons (Fsp3) is 0.222. The number of rotatable bonds is 3. The smallest absolute Gasteiger partial charge is 0.306 e. The van der Waals surface area contributed by atoms with E-state index in [1.165, 1.54) is 4.88 Å². The third kappa shape index (κ3) is 4.07. The molecule has 0 saturated carbocycles. The Morgan fingerprint density at radius 3 is 2.67 bits per heavy atom. The number of allylic oxidation sites excluding steroid dienone is 2. The van der Waals surface area contributed by atoms with E-state index >= 15 is 0 Å². The van der Waals surface area contributed by atoms with Crippen molar-refractivity contribution < 1.29 is 4.79 Å². The van der Waals surface area contributed by atoms with Gasteiger partial charge in [0.2, 0.25) is 0 Å². The minimum atomic E-state index is -0.781. The molecule has 2 aromatic rings. The number of carbonyl (C=O) groups is 1. The van der Waals surface area contributed by atoms with E-state index in [0.717, 1.165) is 16.8 Å². The van der Waals surface area contributed by atoms with Crippen molar-refractivity contribution in [1.29, 1.82) is 0 Å². The minimum Gasteiger partial charge on any atom is -0.306 e. The normalized spacial score (nSPS) is 18.3. The van der Waals surface area contributed by atoms with Gasteiger partial charge >= 0.3 is 6.03 Å². The van der Waals surface area contributed by atoms with Crippen LogP contribution in [0.1, 0.15) is 31.2 Å². The largest absolute Gasteiger partial charge is 0.328 e. The average molecular weight is 360 g/mol. The van der Waals surface area contributed by atoms with E-state index in [0.29, 0.717) is 0 Å². The van der Waals surface area contributed by atoms with E-state index in [4.69, 9.17) is 0 Å². The summed E-state index contributed by atoms with van der Waals surface area (Å²) in [4.78, 5) is 17.5. The van der Waals surface area contributed by atoms with Crippen LogP contribution in [0.4, 0.5) is 10.5 Å². The lowest BCUT2D eigenvalue weighted by atomic mass is 9.95. The molecule has 4 nitrogen and oxygen atoms in total. The number of hydrogen-bond donors (Lipinski definition) is 3. The molecule has 0 radical (unpaired) electrons. The van der Waals surface area contributed by atoms with Crippen LogP contribution in [-0.2, 0) is 5.41 Å². The molecule has 1 aliphatic rings. The lowest BCUT2D eigenvalue weighted by molar-refractivity contribution is 0.257. The van der Waals surface area contributed by atoms with E-state index in [9.17, 15) is 4.79 Å². The monoisotopic (exact) mass is 359 g/mol. The average Bonchev–Trinajstić information content (AvgIpc) is 3.17. The first-order valence-electron chi connectivity index (χ1n) is 7.67. The maximum atomic E-state index is 12.2. The number of nitrogens with zero attached hydrogens (tertiary/aromatic N) is 1. The van der Waals surface area contributed by atoms with E-state index in [1.54, 1.807) is 23.7 Å². The number of urea groups is 1. The number of pyridine rings is 1. The van der Waals surface area contributed by atoms with Crippen LogP contribution in [0, 0.1) is 0 Å². The Kier molecular flexibility index (Phi) is 4.78. The molecule has 2 N–H and O–H groups in total. The molecule has 0 bridgehead atoms. The van der Waals surface area contributed by atoms with Crippen molar-refractivity contribution in [2.75, 3.05) is 5.32 Å². The number of anilines is 1. The van der Waals surface area contributed by atoms with Gasteiger partial charge in [-0.2, -0.15) is 0 Å². The van der Waals surface area contributed by atoms with Crippen molar-refractivity contribution in [3.63, 3.8) is 0 Å². The summed E-state index contributed by atoms with van der Waals surface area (Å²) in [6.07, 6.45) is 5.59. The van der Waals surface area contributed by atoms with Gasteiger partial charge in [0.1, 0.15) is 0 Å². The lowest BCUT2D eigenvalue weighted by Gasteiger charge is -2.15. The third-order valence-electron chi connectivity index (χ3n) is 3.53. The third-order valence-corrected chi connectivity index (χ3v) is 6.38. The van der Waals surface area contributed by atoms with E-state index in [1.807, 2.05) is 35.1 Å². The van der Waals surface area contributed by atoms with Gasteiger partial charge < -0.3 is 5.32 Å². The molecule has 0 aromatic carbocycles. The molecule has 0 spiro atoms.